The molecule has 0 saturated carbocycles. The van der Waals surface area contributed by atoms with Crippen molar-refractivity contribution in [2.24, 2.45) is 0 Å². The minimum atomic E-state index is -0.128. The number of amides is 1. The number of carbonyl (C=O) groups excluding carboxylic acids is 1. The second-order valence-electron chi connectivity index (χ2n) is 4.45. The first kappa shape index (κ1) is 11.4. The van der Waals surface area contributed by atoms with Crippen molar-refractivity contribution in [2.75, 3.05) is 5.32 Å². The summed E-state index contributed by atoms with van der Waals surface area (Å²) in [5, 5.41) is 10.9. The Balaban J connectivity index is 1.79. The monoisotopic (exact) mass is 262 g/mol. The topological polar surface area (TPSA) is 59.8 Å². The lowest BCUT2D eigenvalue weighted by atomic mass is 10.2. The van der Waals surface area contributed by atoms with E-state index in [1.54, 1.807) is 0 Å². The van der Waals surface area contributed by atoms with Gasteiger partial charge in [-0.2, -0.15) is 16.3 Å². The van der Waals surface area contributed by atoms with Crippen LogP contribution in [0.15, 0.2) is 10.8 Å². The van der Waals surface area contributed by atoms with Crippen molar-refractivity contribution >= 4 is 23.2 Å². The summed E-state index contributed by atoms with van der Waals surface area (Å²) in [4.78, 5) is 16.4. The molecule has 0 aliphatic carbocycles. The van der Waals surface area contributed by atoms with Gasteiger partial charge in [-0.3, -0.25) is 10.1 Å². The van der Waals surface area contributed by atoms with Crippen LogP contribution in [0.3, 0.4) is 0 Å². The summed E-state index contributed by atoms with van der Waals surface area (Å²) in [5.41, 5.74) is 1.69. The van der Waals surface area contributed by atoms with E-state index in [0.29, 0.717) is 11.5 Å². The smallest absolute Gasteiger partial charge is 0.259 e. The van der Waals surface area contributed by atoms with Gasteiger partial charge in [0, 0.05) is 18.3 Å². The van der Waals surface area contributed by atoms with Crippen molar-refractivity contribution in [3.8, 4) is 0 Å². The highest BCUT2D eigenvalue weighted by atomic mass is 32.1. The maximum Gasteiger partial charge on any atom is 0.259 e. The van der Waals surface area contributed by atoms with Gasteiger partial charge >= 0.3 is 0 Å². The van der Waals surface area contributed by atoms with E-state index in [1.165, 1.54) is 11.3 Å². The van der Waals surface area contributed by atoms with Crippen LogP contribution in [0.2, 0.25) is 0 Å². The van der Waals surface area contributed by atoms with Crippen molar-refractivity contribution in [3.63, 3.8) is 0 Å². The van der Waals surface area contributed by atoms with Crippen LogP contribution in [0.5, 0.6) is 0 Å². The van der Waals surface area contributed by atoms with Crippen molar-refractivity contribution in [3.05, 3.63) is 27.7 Å². The molecule has 1 amide bonds. The van der Waals surface area contributed by atoms with Gasteiger partial charge < -0.3 is 0 Å². The Morgan fingerprint density at radius 3 is 3.06 bits per heavy atom. The number of nitrogens with one attached hydrogen (secondary N) is 1. The Morgan fingerprint density at radius 1 is 1.44 bits per heavy atom. The highest BCUT2D eigenvalue weighted by Crippen LogP contribution is 2.17. The molecule has 1 aliphatic rings. The lowest BCUT2D eigenvalue weighted by molar-refractivity contribution is 0.102. The fourth-order valence-electron chi connectivity index (χ4n) is 2.10. The van der Waals surface area contributed by atoms with Crippen molar-refractivity contribution in [1.29, 1.82) is 0 Å². The number of nitrogens with zero attached hydrogens (tertiary/aromatic N) is 3. The number of hydrogen-bond donors (Lipinski definition) is 1. The fourth-order valence-corrected chi connectivity index (χ4v) is 2.93. The highest BCUT2D eigenvalue weighted by Gasteiger charge is 2.16. The van der Waals surface area contributed by atoms with E-state index in [1.807, 2.05) is 22.4 Å². The molecule has 94 valence electrons. The quantitative estimate of drug-likeness (QED) is 0.903. The van der Waals surface area contributed by atoms with Gasteiger partial charge in [-0.05, 0) is 30.7 Å². The van der Waals surface area contributed by atoms with Gasteiger partial charge in [0.25, 0.3) is 5.91 Å². The Labute approximate surface area is 109 Å². The highest BCUT2D eigenvalue weighted by molar-refractivity contribution is 7.08. The van der Waals surface area contributed by atoms with Gasteiger partial charge in [-0.1, -0.05) is 0 Å². The molecular formula is C12H14N4OS. The summed E-state index contributed by atoms with van der Waals surface area (Å²) >= 11 is 1.53. The van der Waals surface area contributed by atoms with E-state index in [-0.39, 0.29) is 5.91 Å². The Kier molecular flexibility index (Phi) is 2.87. The predicted molar refractivity (Wildman–Crippen MR) is 70.0 cm³/mol. The summed E-state index contributed by atoms with van der Waals surface area (Å²) < 4.78 is 1.89. The third-order valence-electron chi connectivity index (χ3n) is 3.09. The molecule has 6 heteroatoms. The molecule has 5 nitrogen and oxygen atoms in total. The van der Waals surface area contributed by atoms with Crippen LogP contribution in [-0.4, -0.2) is 20.7 Å². The molecule has 0 radical (unpaired) electrons. The molecule has 18 heavy (non-hydrogen) atoms. The molecule has 3 rings (SSSR count). The lowest BCUT2D eigenvalue weighted by Gasteiger charge is -2.09. The van der Waals surface area contributed by atoms with Gasteiger partial charge in [0.2, 0.25) is 5.95 Å². The number of fused-ring (bicyclic) bond motifs is 1. The molecule has 2 aromatic heterocycles. The predicted octanol–water partition coefficient (Wildman–Crippen LogP) is 2.24. The number of thiophene rings is 1. The summed E-state index contributed by atoms with van der Waals surface area (Å²) in [6, 6.07) is 0. The maximum absolute atomic E-state index is 12.0. The van der Waals surface area contributed by atoms with Gasteiger partial charge in [-0.25, -0.2) is 4.68 Å². The Morgan fingerprint density at radius 2 is 2.33 bits per heavy atom. The molecule has 1 N–H and O–H groups in total. The standard InChI is InChI=1S/C12H14N4OS/c1-8-6-18-7-9(8)11(17)14-12-13-10-4-2-3-5-16(10)15-12/h6-7H,2-5H2,1H3,(H,14,15,17). The largest absolute Gasteiger partial charge is 0.289 e. The summed E-state index contributed by atoms with van der Waals surface area (Å²) in [7, 11) is 0. The van der Waals surface area contributed by atoms with Gasteiger partial charge in [0.15, 0.2) is 0 Å². The van der Waals surface area contributed by atoms with Gasteiger partial charge in [0.1, 0.15) is 5.82 Å². The Bertz CT molecular complexity index is 563. The zero-order chi connectivity index (χ0) is 12.5. The Hall–Kier alpha value is -1.69. The molecule has 1 aliphatic heterocycles. The molecule has 0 unspecified atom stereocenters. The molecule has 0 aromatic carbocycles. The second kappa shape index (κ2) is 4.53. The van der Waals surface area contributed by atoms with E-state index < -0.39 is 0 Å². The number of rotatable bonds is 2. The minimum absolute atomic E-state index is 0.128. The molecule has 2 aromatic rings. The van der Waals surface area contributed by atoms with Crippen LogP contribution in [0.25, 0.3) is 0 Å². The summed E-state index contributed by atoms with van der Waals surface area (Å²) in [5.74, 6) is 1.26. The third-order valence-corrected chi connectivity index (χ3v) is 3.96. The lowest BCUT2D eigenvalue weighted by Crippen LogP contribution is -2.13. The molecule has 0 saturated heterocycles. The van der Waals surface area contributed by atoms with E-state index in [4.69, 9.17) is 0 Å². The number of aromatic nitrogens is 3. The van der Waals surface area contributed by atoms with Crippen molar-refractivity contribution in [2.45, 2.75) is 32.7 Å². The molecule has 0 spiro atoms. The normalized spacial score (nSPS) is 14.3. The fraction of sp³-hybridized carbons (Fsp3) is 0.417. The maximum atomic E-state index is 12.0. The number of anilines is 1. The first-order chi connectivity index (χ1) is 8.74. The van der Waals surface area contributed by atoms with Crippen LogP contribution in [-0.2, 0) is 13.0 Å². The molecule has 0 atom stereocenters. The summed E-state index contributed by atoms with van der Waals surface area (Å²) in [6.07, 6.45) is 3.23. The number of carbonyl (C=O) groups is 1. The zero-order valence-electron chi connectivity index (χ0n) is 10.1. The van der Waals surface area contributed by atoms with Crippen molar-refractivity contribution < 1.29 is 4.79 Å². The van der Waals surface area contributed by atoms with E-state index in [2.05, 4.69) is 15.4 Å². The number of aryl methyl sites for hydroxylation is 3. The summed E-state index contributed by atoms with van der Waals surface area (Å²) in [6.45, 7) is 2.83. The molecule has 0 bridgehead atoms. The van der Waals surface area contributed by atoms with Crippen LogP contribution >= 0.6 is 11.3 Å². The van der Waals surface area contributed by atoms with Crippen LogP contribution < -0.4 is 5.32 Å². The molecular weight excluding hydrogens is 248 g/mol. The average molecular weight is 262 g/mol. The van der Waals surface area contributed by atoms with Gasteiger partial charge in [0.05, 0.1) is 5.56 Å². The minimum Gasteiger partial charge on any atom is -0.289 e. The second-order valence-corrected chi connectivity index (χ2v) is 5.20. The van der Waals surface area contributed by atoms with Crippen molar-refractivity contribution in [1.82, 2.24) is 14.8 Å². The van der Waals surface area contributed by atoms with Gasteiger partial charge in [-0.15, -0.1) is 5.10 Å². The molecule has 0 fully saturated rings. The molecule has 3 heterocycles. The van der Waals surface area contributed by atoms with E-state index in [9.17, 15) is 4.79 Å². The average Bonchev–Trinajstić information content (AvgIpc) is 2.94. The first-order valence-electron chi connectivity index (χ1n) is 6.02. The third kappa shape index (κ3) is 2.03. The van der Waals surface area contributed by atoms with Crippen LogP contribution in [0.4, 0.5) is 5.95 Å². The first-order valence-corrected chi connectivity index (χ1v) is 6.96. The van der Waals surface area contributed by atoms with Crippen LogP contribution in [0.1, 0.15) is 34.6 Å². The SMILES string of the molecule is Cc1cscc1C(=O)Nc1nc2n(n1)CCCC2. The number of hydrogen-bond acceptors (Lipinski definition) is 4. The van der Waals surface area contributed by atoms with E-state index >= 15 is 0 Å². The van der Waals surface area contributed by atoms with E-state index in [0.717, 1.165) is 37.2 Å². The van der Waals surface area contributed by atoms with Crippen LogP contribution in [0, 0.1) is 6.92 Å². The zero-order valence-corrected chi connectivity index (χ0v) is 11.0.